The zero-order valence-electron chi connectivity index (χ0n) is 15.3. The molecule has 0 bridgehead atoms. The molecule has 0 fully saturated rings. The number of aromatic amines is 1. The van der Waals surface area contributed by atoms with Crippen LogP contribution in [-0.2, 0) is 15.8 Å². The normalized spacial score (nSPS) is 11.7. The van der Waals surface area contributed by atoms with Crippen LogP contribution in [0.25, 0.3) is 21.5 Å². The number of sulfonamides is 1. The highest BCUT2D eigenvalue weighted by molar-refractivity contribution is 7.88. The quantitative estimate of drug-likeness (QED) is 0.450. The molecule has 0 aliphatic rings. The van der Waals surface area contributed by atoms with E-state index in [2.05, 4.69) is 20.5 Å². The largest absolute Gasteiger partial charge is 0.320 e. The Morgan fingerprint density at radius 1 is 1.24 bits per heavy atom. The molecule has 0 saturated carbocycles. The lowest BCUT2D eigenvalue weighted by atomic mass is 10.1. The fourth-order valence-corrected chi connectivity index (χ4v) is 4.36. The summed E-state index contributed by atoms with van der Waals surface area (Å²) in [7, 11) is -3.75. The molecule has 4 aromatic rings. The fraction of sp³-hybridized carbons (Fsp3) is 0.105. The second-order valence-corrected chi connectivity index (χ2v) is 9.10. The minimum atomic E-state index is -3.75. The SMILES string of the molecule is Cc1ccc(NC(=O)c2n[nH]c3ccc(-c4nccs4)cc23)c(CS(N)(=O)=O)c1. The van der Waals surface area contributed by atoms with E-state index in [1.54, 1.807) is 24.4 Å². The number of hydrogen-bond donors (Lipinski definition) is 3. The summed E-state index contributed by atoms with van der Waals surface area (Å²) in [5.74, 6) is -0.827. The summed E-state index contributed by atoms with van der Waals surface area (Å²) in [5, 5.41) is 18.3. The smallest absolute Gasteiger partial charge is 0.276 e. The lowest BCUT2D eigenvalue weighted by Gasteiger charge is -2.11. The number of amides is 1. The maximum atomic E-state index is 12.9. The van der Waals surface area contributed by atoms with Gasteiger partial charge in [-0.05, 0) is 36.8 Å². The Hall–Kier alpha value is -3.08. The number of carbonyl (C=O) groups excluding carboxylic acids is 1. The van der Waals surface area contributed by atoms with Crippen molar-refractivity contribution < 1.29 is 13.2 Å². The van der Waals surface area contributed by atoms with Crippen molar-refractivity contribution in [3.05, 3.63) is 64.8 Å². The summed E-state index contributed by atoms with van der Waals surface area (Å²) >= 11 is 1.50. The van der Waals surface area contributed by atoms with Gasteiger partial charge in [0.15, 0.2) is 5.69 Å². The Kier molecular flexibility index (Phi) is 4.91. The second kappa shape index (κ2) is 7.39. The van der Waals surface area contributed by atoms with Crippen LogP contribution >= 0.6 is 11.3 Å². The predicted octanol–water partition coefficient (Wildman–Crippen LogP) is 3.04. The van der Waals surface area contributed by atoms with Gasteiger partial charge in [-0.2, -0.15) is 5.10 Å². The average molecular weight is 428 g/mol. The highest BCUT2D eigenvalue weighted by Gasteiger charge is 2.18. The van der Waals surface area contributed by atoms with Crippen LogP contribution in [0.4, 0.5) is 5.69 Å². The first-order valence-electron chi connectivity index (χ1n) is 8.59. The molecule has 2 aromatic carbocycles. The Balaban J connectivity index is 1.69. The third kappa shape index (κ3) is 4.19. The zero-order chi connectivity index (χ0) is 20.6. The maximum absolute atomic E-state index is 12.9. The van der Waals surface area contributed by atoms with Crippen molar-refractivity contribution in [3.63, 3.8) is 0 Å². The molecule has 0 atom stereocenters. The number of hydrogen-bond acceptors (Lipinski definition) is 6. The number of benzene rings is 2. The van der Waals surface area contributed by atoms with Gasteiger partial charge in [-0.25, -0.2) is 18.5 Å². The predicted molar refractivity (Wildman–Crippen MR) is 113 cm³/mol. The van der Waals surface area contributed by atoms with Gasteiger partial charge < -0.3 is 5.32 Å². The van der Waals surface area contributed by atoms with Gasteiger partial charge in [0.1, 0.15) is 5.01 Å². The molecule has 4 rings (SSSR count). The van der Waals surface area contributed by atoms with E-state index in [-0.39, 0.29) is 11.4 Å². The second-order valence-electron chi connectivity index (χ2n) is 6.59. The van der Waals surface area contributed by atoms with E-state index in [0.29, 0.717) is 22.2 Å². The molecule has 1 amide bonds. The molecule has 0 unspecified atom stereocenters. The minimum absolute atomic E-state index is 0.209. The highest BCUT2D eigenvalue weighted by Crippen LogP contribution is 2.27. The van der Waals surface area contributed by atoms with E-state index < -0.39 is 15.9 Å². The molecule has 0 aliphatic carbocycles. The van der Waals surface area contributed by atoms with Crippen LogP contribution in [0.5, 0.6) is 0 Å². The van der Waals surface area contributed by atoms with Gasteiger partial charge in [-0.15, -0.1) is 11.3 Å². The number of rotatable bonds is 5. The summed E-state index contributed by atoms with van der Waals surface area (Å²) in [6, 6.07) is 10.7. The van der Waals surface area contributed by atoms with Crippen molar-refractivity contribution in [1.29, 1.82) is 0 Å². The number of nitrogens with two attached hydrogens (primary N) is 1. The van der Waals surface area contributed by atoms with Crippen molar-refractivity contribution in [1.82, 2.24) is 15.2 Å². The molecule has 29 heavy (non-hydrogen) atoms. The Labute approximate surface area is 170 Å². The number of anilines is 1. The van der Waals surface area contributed by atoms with Crippen LogP contribution in [0, 0.1) is 6.92 Å². The van der Waals surface area contributed by atoms with Gasteiger partial charge >= 0.3 is 0 Å². The molecule has 10 heteroatoms. The summed E-state index contributed by atoms with van der Waals surface area (Å²) in [4.78, 5) is 17.2. The molecule has 0 aliphatic heterocycles. The summed E-state index contributed by atoms with van der Waals surface area (Å²) in [6.45, 7) is 1.83. The minimum Gasteiger partial charge on any atom is -0.320 e. The number of nitrogens with zero attached hydrogens (tertiary/aromatic N) is 2. The van der Waals surface area contributed by atoms with Crippen LogP contribution < -0.4 is 10.5 Å². The summed E-state index contributed by atoms with van der Waals surface area (Å²) in [5.41, 5.74) is 3.46. The molecule has 0 saturated heterocycles. The van der Waals surface area contributed by atoms with Crippen LogP contribution in [0.15, 0.2) is 48.0 Å². The lowest BCUT2D eigenvalue weighted by Crippen LogP contribution is -2.18. The first-order valence-corrected chi connectivity index (χ1v) is 11.2. The van der Waals surface area contributed by atoms with E-state index >= 15 is 0 Å². The highest BCUT2D eigenvalue weighted by atomic mass is 32.2. The number of H-pyrrole nitrogens is 1. The Morgan fingerprint density at radius 2 is 2.07 bits per heavy atom. The fourth-order valence-electron chi connectivity index (χ4n) is 3.05. The number of aromatic nitrogens is 3. The topological polar surface area (TPSA) is 131 Å². The van der Waals surface area contributed by atoms with E-state index in [1.807, 2.05) is 30.5 Å². The van der Waals surface area contributed by atoms with Crippen LogP contribution in [0.1, 0.15) is 21.6 Å². The van der Waals surface area contributed by atoms with Crippen molar-refractivity contribution in [2.24, 2.45) is 5.14 Å². The molecule has 148 valence electrons. The van der Waals surface area contributed by atoms with Gasteiger partial charge in [0.05, 0.1) is 11.3 Å². The standard InChI is InChI=1S/C19H17N5O3S2/c1-11-2-4-15(13(8-11)10-29(20,26)27)22-18(25)17-14-9-12(19-21-6-7-28-19)3-5-16(14)23-24-17/h2-9H,10H2,1H3,(H,22,25)(H,23,24)(H2,20,26,27). The third-order valence-electron chi connectivity index (χ3n) is 4.32. The number of thiazole rings is 1. The average Bonchev–Trinajstić information content (AvgIpc) is 3.31. The molecule has 0 spiro atoms. The van der Waals surface area contributed by atoms with Crippen LogP contribution in [0.3, 0.4) is 0 Å². The molecular formula is C19H17N5O3S2. The van der Waals surface area contributed by atoms with E-state index in [9.17, 15) is 13.2 Å². The first kappa shape index (κ1) is 19.2. The van der Waals surface area contributed by atoms with Gasteiger partial charge in [0, 0.05) is 28.2 Å². The number of carbonyl (C=O) groups is 1. The monoisotopic (exact) mass is 427 g/mol. The number of primary sulfonamides is 1. The Bertz CT molecular complexity index is 1310. The van der Waals surface area contributed by atoms with Gasteiger partial charge in [-0.1, -0.05) is 17.7 Å². The maximum Gasteiger partial charge on any atom is 0.276 e. The van der Waals surface area contributed by atoms with Gasteiger partial charge in [-0.3, -0.25) is 9.89 Å². The molecule has 2 aromatic heterocycles. The number of nitrogens with one attached hydrogen (secondary N) is 2. The third-order valence-corrected chi connectivity index (χ3v) is 5.86. The van der Waals surface area contributed by atoms with E-state index in [4.69, 9.17) is 5.14 Å². The zero-order valence-corrected chi connectivity index (χ0v) is 17.0. The van der Waals surface area contributed by atoms with Crippen LogP contribution in [0.2, 0.25) is 0 Å². The molecule has 0 radical (unpaired) electrons. The molecule has 8 nitrogen and oxygen atoms in total. The molecule has 2 heterocycles. The van der Waals surface area contributed by atoms with Crippen molar-refractivity contribution in [3.8, 4) is 10.6 Å². The van der Waals surface area contributed by atoms with Gasteiger partial charge in [0.2, 0.25) is 10.0 Å². The number of aryl methyl sites for hydroxylation is 1. The Morgan fingerprint density at radius 3 is 2.79 bits per heavy atom. The van der Waals surface area contributed by atoms with Gasteiger partial charge in [0.25, 0.3) is 5.91 Å². The van der Waals surface area contributed by atoms with E-state index in [1.165, 1.54) is 11.3 Å². The summed E-state index contributed by atoms with van der Waals surface area (Å²) < 4.78 is 23.1. The summed E-state index contributed by atoms with van der Waals surface area (Å²) in [6.07, 6.45) is 1.72. The number of fused-ring (bicyclic) bond motifs is 1. The van der Waals surface area contributed by atoms with E-state index in [0.717, 1.165) is 16.1 Å². The van der Waals surface area contributed by atoms with Crippen molar-refractivity contribution >= 4 is 43.9 Å². The first-order chi connectivity index (χ1) is 13.8. The van der Waals surface area contributed by atoms with Crippen molar-refractivity contribution in [2.45, 2.75) is 12.7 Å². The molecule has 4 N–H and O–H groups in total. The van der Waals surface area contributed by atoms with Crippen LogP contribution in [-0.4, -0.2) is 29.5 Å². The lowest BCUT2D eigenvalue weighted by molar-refractivity contribution is 0.102. The van der Waals surface area contributed by atoms with Crippen molar-refractivity contribution in [2.75, 3.05) is 5.32 Å². The molecular weight excluding hydrogens is 410 g/mol.